The highest BCUT2D eigenvalue weighted by molar-refractivity contribution is 6.32. The van der Waals surface area contributed by atoms with E-state index in [0.29, 0.717) is 36.3 Å². The molecule has 156 valence electrons. The predicted octanol–water partition coefficient (Wildman–Crippen LogP) is 3.21. The van der Waals surface area contributed by atoms with Crippen molar-refractivity contribution in [2.75, 3.05) is 39.9 Å². The number of fused-ring (bicyclic) bond motifs is 1. The molecular weight excluding hydrogens is 392 g/mol. The lowest BCUT2D eigenvalue weighted by Gasteiger charge is -2.26. The average Bonchev–Trinajstić information content (AvgIpc) is 3.45. The highest BCUT2D eigenvalue weighted by Crippen LogP contribution is 2.38. The van der Waals surface area contributed by atoms with E-state index in [1.54, 1.807) is 13.3 Å². The molecule has 29 heavy (non-hydrogen) atoms. The number of nitrogens with one attached hydrogen (secondary N) is 2. The van der Waals surface area contributed by atoms with Gasteiger partial charge in [0.2, 0.25) is 0 Å². The van der Waals surface area contributed by atoms with E-state index in [1.165, 1.54) is 12.8 Å². The molecule has 0 radical (unpaired) electrons. The quantitative estimate of drug-likeness (QED) is 0.554. The normalized spacial score (nSPS) is 17.9. The fourth-order valence-corrected chi connectivity index (χ4v) is 4.10. The summed E-state index contributed by atoms with van der Waals surface area (Å²) in [5.74, 6) is 3.02. The van der Waals surface area contributed by atoms with Crippen molar-refractivity contribution in [2.24, 2.45) is 4.99 Å². The van der Waals surface area contributed by atoms with E-state index in [9.17, 15) is 0 Å². The summed E-state index contributed by atoms with van der Waals surface area (Å²) >= 11 is 6.33. The molecule has 0 bridgehead atoms. The molecule has 1 aromatic carbocycles. The number of guanidine groups is 1. The Hall–Kier alpha value is -2.38. The van der Waals surface area contributed by atoms with E-state index < -0.39 is 0 Å². The first-order chi connectivity index (χ1) is 14.2. The Morgan fingerprint density at radius 3 is 2.79 bits per heavy atom. The Labute approximate surface area is 176 Å². The van der Waals surface area contributed by atoms with Crippen molar-refractivity contribution in [3.63, 3.8) is 0 Å². The van der Waals surface area contributed by atoms with Crippen LogP contribution in [0, 0.1) is 0 Å². The zero-order valence-corrected chi connectivity index (χ0v) is 17.4. The Balaban J connectivity index is 1.36. The molecule has 7 nitrogen and oxygen atoms in total. The molecule has 1 saturated heterocycles. The van der Waals surface area contributed by atoms with Crippen molar-refractivity contribution < 1.29 is 13.9 Å². The van der Waals surface area contributed by atoms with E-state index in [-0.39, 0.29) is 6.04 Å². The average molecular weight is 419 g/mol. The fourth-order valence-electron chi connectivity index (χ4n) is 3.81. The Morgan fingerprint density at radius 1 is 1.21 bits per heavy atom. The fraction of sp³-hybridized carbons (Fsp3) is 0.476. The minimum absolute atomic E-state index is 0.190. The maximum atomic E-state index is 6.33. The zero-order chi connectivity index (χ0) is 20.1. The predicted molar refractivity (Wildman–Crippen MR) is 113 cm³/mol. The largest absolute Gasteiger partial charge is 0.486 e. The third-order valence-electron chi connectivity index (χ3n) is 5.26. The van der Waals surface area contributed by atoms with Gasteiger partial charge in [0.15, 0.2) is 17.5 Å². The van der Waals surface area contributed by atoms with Crippen LogP contribution in [-0.2, 0) is 6.54 Å². The van der Waals surface area contributed by atoms with Crippen LogP contribution >= 0.6 is 11.6 Å². The molecule has 2 aliphatic heterocycles. The van der Waals surface area contributed by atoms with Crippen molar-refractivity contribution in [3.8, 4) is 11.5 Å². The zero-order valence-electron chi connectivity index (χ0n) is 16.6. The Bertz CT molecular complexity index is 835. The van der Waals surface area contributed by atoms with Crippen LogP contribution in [0.15, 0.2) is 39.9 Å². The lowest BCUT2D eigenvalue weighted by Crippen LogP contribution is -2.42. The standard InChI is InChI=1S/C21H27ClN4O3/c1-23-21(24-13-15-11-16(22)20-19(12-15)28-9-10-29-20)25-14-17(18-5-4-8-27-18)26-6-2-3-7-26/h4-5,8,11-12,17H,2-3,6-7,9-10,13-14H2,1H3,(H2,23,24,25). The van der Waals surface area contributed by atoms with Crippen LogP contribution in [0.25, 0.3) is 0 Å². The van der Waals surface area contributed by atoms with Gasteiger partial charge in [0, 0.05) is 20.1 Å². The number of likely N-dealkylation sites (tertiary alicyclic amines) is 1. The number of nitrogens with zero attached hydrogens (tertiary/aromatic N) is 2. The van der Waals surface area contributed by atoms with Crippen molar-refractivity contribution >= 4 is 17.6 Å². The first kappa shape index (κ1) is 19.9. The molecule has 4 rings (SSSR count). The van der Waals surface area contributed by atoms with Gasteiger partial charge in [0.25, 0.3) is 0 Å². The Morgan fingerprint density at radius 2 is 2.03 bits per heavy atom. The second-order valence-electron chi connectivity index (χ2n) is 7.18. The first-order valence-electron chi connectivity index (χ1n) is 10.0. The lowest BCUT2D eigenvalue weighted by atomic mass is 10.2. The van der Waals surface area contributed by atoms with Gasteiger partial charge >= 0.3 is 0 Å². The van der Waals surface area contributed by atoms with Crippen LogP contribution in [0.4, 0.5) is 0 Å². The molecule has 0 spiro atoms. The van der Waals surface area contributed by atoms with Gasteiger partial charge in [-0.1, -0.05) is 11.6 Å². The van der Waals surface area contributed by atoms with Gasteiger partial charge < -0.3 is 24.5 Å². The summed E-state index contributed by atoms with van der Waals surface area (Å²) in [6.07, 6.45) is 4.20. The first-order valence-corrected chi connectivity index (χ1v) is 10.4. The summed E-state index contributed by atoms with van der Waals surface area (Å²) in [6.45, 7) is 4.53. The summed E-state index contributed by atoms with van der Waals surface area (Å²) < 4.78 is 16.9. The number of halogens is 1. The number of benzene rings is 1. The molecule has 1 atom stereocenters. The highest BCUT2D eigenvalue weighted by Gasteiger charge is 2.25. The number of aliphatic imine (C=N–C) groups is 1. The van der Waals surface area contributed by atoms with Crippen LogP contribution in [0.5, 0.6) is 11.5 Å². The molecule has 0 saturated carbocycles. The number of hydrogen-bond donors (Lipinski definition) is 2. The van der Waals surface area contributed by atoms with E-state index in [1.807, 2.05) is 24.3 Å². The van der Waals surface area contributed by atoms with Crippen molar-refractivity contribution in [2.45, 2.75) is 25.4 Å². The molecule has 1 unspecified atom stereocenters. The van der Waals surface area contributed by atoms with Crippen LogP contribution in [0.2, 0.25) is 5.02 Å². The maximum absolute atomic E-state index is 6.33. The van der Waals surface area contributed by atoms with Gasteiger partial charge in [-0.25, -0.2) is 0 Å². The molecule has 8 heteroatoms. The van der Waals surface area contributed by atoms with Crippen LogP contribution in [0.1, 0.15) is 30.2 Å². The number of hydrogen-bond acceptors (Lipinski definition) is 5. The maximum Gasteiger partial charge on any atom is 0.191 e. The number of ether oxygens (including phenoxy) is 2. The van der Waals surface area contributed by atoms with Gasteiger partial charge in [-0.15, -0.1) is 0 Å². The van der Waals surface area contributed by atoms with E-state index in [0.717, 1.165) is 36.9 Å². The molecule has 0 aliphatic carbocycles. The molecule has 2 aromatic rings. The van der Waals surface area contributed by atoms with E-state index in [2.05, 4.69) is 20.5 Å². The minimum Gasteiger partial charge on any atom is -0.486 e. The van der Waals surface area contributed by atoms with Crippen molar-refractivity contribution in [3.05, 3.63) is 46.9 Å². The molecule has 1 fully saturated rings. The number of furan rings is 1. The van der Waals surface area contributed by atoms with E-state index in [4.69, 9.17) is 25.5 Å². The van der Waals surface area contributed by atoms with Gasteiger partial charge in [-0.05, 0) is 55.8 Å². The van der Waals surface area contributed by atoms with Crippen LogP contribution in [-0.4, -0.2) is 50.8 Å². The summed E-state index contributed by atoms with van der Waals surface area (Å²) in [4.78, 5) is 6.81. The molecular formula is C21H27ClN4O3. The number of rotatable bonds is 6. The molecule has 1 aromatic heterocycles. The minimum atomic E-state index is 0.190. The third kappa shape index (κ3) is 4.79. The Kier molecular flexibility index (Phi) is 6.46. The van der Waals surface area contributed by atoms with Gasteiger partial charge in [-0.2, -0.15) is 0 Å². The van der Waals surface area contributed by atoms with Crippen molar-refractivity contribution in [1.82, 2.24) is 15.5 Å². The van der Waals surface area contributed by atoms with Crippen LogP contribution < -0.4 is 20.1 Å². The van der Waals surface area contributed by atoms with Gasteiger partial charge in [-0.3, -0.25) is 9.89 Å². The third-order valence-corrected chi connectivity index (χ3v) is 5.54. The van der Waals surface area contributed by atoms with E-state index >= 15 is 0 Å². The highest BCUT2D eigenvalue weighted by atomic mass is 35.5. The monoisotopic (exact) mass is 418 g/mol. The molecule has 2 N–H and O–H groups in total. The molecule has 0 amide bonds. The smallest absolute Gasteiger partial charge is 0.191 e. The molecule has 2 aliphatic rings. The summed E-state index contributed by atoms with van der Waals surface area (Å²) in [7, 11) is 1.77. The second kappa shape index (κ2) is 9.41. The summed E-state index contributed by atoms with van der Waals surface area (Å²) in [6, 6.07) is 8.02. The van der Waals surface area contributed by atoms with Crippen molar-refractivity contribution in [1.29, 1.82) is 0 Å². The summed E-state index contributed by atoms with van der Waals surface area (Å²) in [5.41, 5.74) is 1.00. The molecule has 3 heterocycles. The SMILES string of the molecule is CN=C(NCc1cc(Cl)c2c(c1)OCCO2)NCC(c1ccco1)N1CCCC1. The van der Waals surface area contributed by atoms with Gasteiger partial charge in [0.1, 0.15) is 19.0 Å². The van der Waals surface area contributed by atoms with Gasteiger partial charge in [0.05, 0.1) is 17.3 Å². The topological polar surface area (TPSA) is 71.3 Å². The summed E-state index contributed by atoms with van der Waals surface area (Å²) in [5, 5.41) is 7.34. The lowest BCUT2D eigenvalue weighted by molar-refractivity contribution is 0.171. The second-order valence-corrected chi connectivity index (χ2v) is 7.59. The van der Waals surface area contributed by atoms with Crippen LogP contribution in [0.3, 0.4) is 0 Å².